The molecule has 36 heavy (non-hydrogen) atoms. The van der Waals surface area contributed by atoms with Gasteiger partial charge < -0.3 is 20.4 Å². The monoisotopic (exact) mass is 524 g/mol. The zero-order valence-corrected chi connectivity index (χ0v) is 21.1. The molecule has 1 unspecified atom stereocenters. The number of para-hydroxylation sites is 1. The number of nitrogens with one attached hydrogen (secondary N) is 2. The summed E-state index contributed by atoms with van der Waals surface area (Å²) < 4.78 is 14.1. The molecule has 0 saturated carbocycles. The average Bonchev–Trinajstić information content (AvgIpc) is 2.90. The smallest absolute Gasteiger partial charge is 0.254 e. The standard InChI is InChI=1S/C27H26ClFN4O2S/c28-20-6-2-1-5-19(20)16-36-17-24-26(34)31-23-15-18(9-10-22(23)30-24)27(35)33-13-11-32(12-14-33)25-8-4-3-7-21(25)29/h1-10,15,24,30H,11-14,16-17H2,(H,31,34). The Morgan fingerprint density at radius 1 is 1.00 bits per heavy atom. The number of fused-ring (bicyclic) bond motifs is 1. The van der Waals surface area contributed by atoms with Crippen molar-refractivity contribution in [1.82, 2.24) is 4.90 Å². The summed E-state index contributed by atoms with van der Waals surface area (Å²) in [4.78, 5) is 29.6. The lowest BCUT2D eigenvalue weighted by atomic mass is 10.1. The minimum Gasteiger partial charge on any atom is -0.371 e. The number of amides is 2. The summed E-state index contributed by atoms with van der Waals surface area (Å²) in [6.07, 6.45) is 0. The normalized spacial score (nSPS) is 17.3. The molecule has 1 fully saturated rings. The van der Waals surface area contributed by atoms with E-state index in [1.807, 2.05) is 41.3 Å². The van der Waals surface area contributed by atoms with Gasteiger partial charge in [-0.05, 0) is 42.0 Å². The zero-order valence-electron chi connectivity index (χ0n) is 19.5. The van der Waals surface area contributed by atoms with Crippen LogP contribution < -0.4 is 15.5 Å². The molecule has 2 amide bonds. The second kappa shape index (κ2) is 10.8. The quantitative estimate of drug-likeness (QED) is 0.469. The number of carbonyl (C=O) groups is 2. The van der Waals surface area contributed by atoms with E-state index in [2.05, 4.69) is 10.6 Å². The largest absolute Gasteiger partial charge is 0.371 e. The van der Waals surface area contributed by atoms with Gasteiger partial charge in [0.05, 0.1) is 17.1 Å². The lowest BCUT2D eigenvalue weighted by molar-refractivity contribution is -0.116. The first-order chi connectivity index (χ1) is 17.5. The highest BCUT2D eigenvalue weighted by Gasteiger charge is 2.28. The van der Waals surface area contributed by atoms with Crippen LogP contribution in [0.5, 0.6) is 0 Å². The van der Waals surface area contributed by atoms with Gasteiger partial charge in [-0.25, -0.2) is 4.39 Å². The van der Waals surface area contributed by atoms with Crippen molar-refractivity contribution >= 4 is 52.2 Å². The van der Waals surface area contributed by atoms with Gasteiger partial charge in [0.15, 0.2) is 0 Å². The highest BCUT2D eigenvalue weighted by Crippen LogP contribution is 2.30. The van der Waals surface area contributed by atoms with Crippen molar-refractivity contribution in [2.45, 2.75) is 11.8 Å². The number of hydrogen-bond donors (Lipinski definition) is 2. The van der Waals surface area contributed by atoms with E-state index in [1.165, 1.54) is 6.07 Å². The highest BCUT2D eigenvalue weighted by atomic mass is 35.5. The van der Waals surface area contributed by atoms with Crippen LogP contribution in [0.4, 0.5) is 21.5 Å². The van der Waals surface area contributed by atoms with E-state index in [-0.39, 0.29) is 23.7 Å². The molecule has 6 nitrogen and oxygen atoms in total. The first-order valence-electron chi connectivity index (χ1n) is 11.8. The molecule has 0 aromatic heterocycles. The Morgan fingerprint density at radius 3 is 2.53 bits per heavy atom. The fourth-order valence-electron chi connectivity index (χ4n) is 4.44. The molecule has 2 aliphatic heterocycles. The Kier molecular flexibility index (Phi) is 7.34. The summed E-state index contributed by atoms with van der Waals surface area (Å²) >= 11 is 7.86. The molecular formula is C27H26ClFN4O2S. The number of anilines is 3. The Bertz CT molecular complexity index is 1280. The van der Waals surface area contributed by atoms with Crippen LogP contribution in [0.25, 0.3) is 0 Å². The molecule has 0 radical (unpaired) electrons. The molecule has 0 spiro atoms. The van der Waals surface area contributed by atoms with Gasteiger partial charge in [0.1, 0.15) is 11.9 Å². The number of thioether (sulfide) groups is 1. The maximum absolute atomic E-state index is 14.1. The molecule has 186 valence electrons. The van der Waals surface area contributed by atoms with Gasteiger partial charge in [0, 0.05) is 48.3 Å². The van der Waals surface area contributed by atoms with Crippen LogP contribution in [0.2, 0.25) is 5.02 Å². The van der Waals surface area contributed by atoms with Gasteiger partial charge in [-0.1, -0.05) is 41.9 Å². The molecule has 1 saturated heterocycles. The lowest BCUT2D eigenvalue weighted by Gasteiger charge is -2.36. The van der Waals surface area contributed by atoms with E-state index in [0.717, 1.165) is 22.0 Å². The second-order valence-electron chi connectivity index (χ2n) is 8.78. The maximum atomic E-state index is 14.1. The van der Waals surface area contributed by atoms with Crippen LogP contribution in [0, 0.1) is 5.82 Å². The Balaban J connectivity index is 1.18. The van der Waals surface area contributed by atoms with Crippen molar-refractivity contribution in [2.24, 2.45) is 0 Å². The van der Waals surface area contributed by atoms with E-state index >= 15 is 0 Å². The van der Waals surface area contributed by atoms with E-state index in [4.69, 9.17) is 11.6 Å². The van der Waals surface area contributed by atoms with Crippen molar-refractivity contribution in [3.8, 4) is 0 Å². The number of hydrogen-bond acceptors (Lipinski definition) is 5. The Hall–Kier alpha value is -3.23. The third-order valence-corrected chi connectivity index (χ3v) is 7.88. The summed E-state index contributed by atoms with van der Waals surface area (Å²) in [6, 6.07) is 19.3. The summed E-state index contributed by atoms with van der Waals surface area (Å²) in [6.45, 7) is 2.12. The predicted molar refractivity (Wildman–Crippen MR) is 145 cm³/mol. The number of rotatable bonds is 6. The molecule has 2 heterocycles. The van der Waals surface area contributed by atoms with Gasteiger partial charge in [-0.3, -0.25) is 9.59 Å². The predicted octanol–water partition coefficient (Wildman–Crippen LogP) is 5.11. The number of piperazine rings is 1. The zero-order chi connectivity index (χ0) is 25.1. The van der Waals surface area contributed by atoms with Crippen LogP contribution >= 0.6 is 23.4 Å². The molecule has 3 aromatic carbocycles. The number of carbonyl (C=O) groups excluding carboxylic acids is 2. The highest BCUT2D eigenvalue weighted by molar-refractivity contribution is 7.98. The van der Waals surface area contributed by atoms with Crippen LogP contribution in [0.3, 0.4) is 0 Å². The minimum absolute atomic E-state index is 0.0994. The molecule has 3 aromatic rings. The second-order valence-corrected chi connectivity index (χ2v) is 10.2. The SMILES string of the molecule is O=C1Nc2cc(C(=O)N3CCN(c4ccccc4F)CC3)ccc2NC1CSCc1ccccc1Cl. The van der Waals surface area contributed by atoms with Gasteiger partial charge in [-0.2, -0.15) is 11.8 Å². The number of benzene rings is 3. The average molecular weight is 525 g/mol. The van der Waals surface area contributed by atoms with E-state index in [9.17, 15) is 14.0 Å². The number of nitrogens with zero attached hydrogens (tertiary/aromatic N) is 2. The van der Waals surface area contributed by atoms with Gasteiger partial charge >= 0.3 is 0 Å². The van der Waals surface area contributed by atoms with Gasteiger partial charge in [0.2, 0.25) is 5.91 Å². The van der Waals surface area contributed by atoms with Crippen molar-refractivity contribution in [3.05, 3.63) is 88.7 Å². The molecule has 5 rings (SSSR count). The van der Waals surface area contributed by atoms with Crippen LogP contribution in [0.1, 0.15) is 15.9 Å². The summed E-state index contributed by atoms with van der Waals surface area (Å²) in [5.74, 6) is 0.824. The molecule has 0 bridgehead atoms. The van der Waals surface area contributed by atoms with Crippen LogP contribution in [0.15, 0.2) is 66.7 Å². The fourth-order valence-corrected chi connectivity index (χ4v) is 5.78. The van der Waals surface area contributed by atoms with Crippen molar-refractivity contribution < 1.29 is 14.0 Å². The topological polar surface area (TPSA) is 64.7 Å². The number of halogens is 2. The summed E-state index contributed by atoms with van der Waals surface area (Å²) in [5, 5.41) is 6.96. The molecule has 9 heteroatoms. The molecule has 2 aliphatic rings. The van der Waals surface area contributed by atoms with E-state index in [1.54, 1.807) is 40.9 Å². The van der Waals surface area contributed by atoms with E-state index in [0.29, 0.717) is 48.9 Å². The molecule has 0 aliphatic carbocycles. The molecular weight excluding hydrogens is 499 g/mol. The Morgan fingerprint density at radius 2 is 1.75 bits per heavy atom. The van der Waals surface area contributed by atoms with Crippen LogP contribution in [-0.2, 0) is 10.5 Å². The van der Waals surface area contributed by atoms with Gasteiger partial charge in [0.25, 0.3) is 5.91 Å². The summed E-state index contributed by atoms with van der Waals surface area (Å²) in [7, 11) is 0. The van der Waals surface area contributed by atoms with E-state index < -0.39 is 0 Å². The van der Waals surface area contributed by atoms with Crippen molar-refractivity contribution in [2.75, 3.05) is 47.5 Å². The first-order valence-corrected chi connectivity index (χ1v) is 13.3. The molecule has 1 atom stereocenters. The third kappa shape index (κ3) is 5.29. The van der Waals surface area contributed by atoms with Crippen molar-refractivity contribution in [1.29, 1.82) is 0 Å². The van der Waals surface area contributed by atoms with Crippen LogP contribution in [-0.4, -0.2) is 54.7 Å². The lowest BCUT2D eigenvalue weighted by Crippen LogP contribution is -2.49. The fraction of sp³-hybridized carbons (Fsp3) is 0.259. The summed E-state index contributed by atoms with van der Waals surface area (Å²) in [5.41, 5.74) is 3.51. The minimum atomic E-state index is -0.377. The van der Waals surface area contributed by atoms with Crippen molar-refractivity contribution in [3.63, 3.8) is 0 Å². The molecule has 2 N–H and O–H groups in total. The third-order valence-electron chi connectivity index (χ3n) is 6.43. The Labute approximate surface area is 218 Å². The maximum Gasteiger partial charge on any atom is 0.254 e. The van der Waals surface area contributed by atoms with Gasteiger partial charge in [-0.15, -0.1) is 0 Å². The first kappa shape index (κ1) is 24.5.